The van der Waals surface area contributed by atoms with Crippen molar-refractivity contribution in [2.24, 2.45) is 5.73 Å². The van der Waals surface area contributed by atoms with Crippen LogP contribution in [0.25, 0.3) is 0 Å². The van der Waals surface area contributed by atoms with Gasteiger partial charge in [-0.3, -0.25) is 4.90 Å². The Balaban J connectivity index is 2.28. The molecule has 2 atom stereocenters. The maximum absolute atomic E-state index is 6.30. The third kappa shape index (κ3) is 3.92. The number of halogens is 1. The zero-order valence-corrected chi connectivity index (χ0v) is 15.3. The number of hydrogen-bond acceptors (Lipinski definition) is 4. The van der Waals surface area contributed by atoms with E-state index in [1.54, 1.807) is 11.3 Å². The second-order valence-electron chi connectivity index (χ2n) is 5.29. The van der Waals surface area contributed by atoms with Crippen molar-refractivity contribution in [3.05, 3.63) is 43.2 Å². The van der Waals surface area contributed by atoms with Crippen LogP contribution in [-0.4, -0.2) is 17.0 Å². The van der Waals surface area contributed by atoms with E-state index < -0.39 is 0 Å². The third-order valence-electron chi connectivity index (χ3n) is 3.32. The fourth-order valence-corrected chi connectivity index (χ4v) is 4.77. The van der Waals surface area contributed by atoms with Crippen LogP contribution in [0.15, 0.2) is 33.4 Å². The van der Waals surface area contributed by atoms with Gasteiger partial charge in [-0.1, -0.05) is 6.07 Å². The van der Waals surface area contributed by atoms with Crippen LogP contribution >= 0.6 is 38.6 Å². The third-order valence-corrected chi connectivity index (χ3v) is 5.88. The molecule has 110 valence electrons. The summed E-state index contributed by atoms with van der Waals surface area (Å²) >= 11 is 7.15. The van der Waals surface area contributed by atoms with E-state index in [1.807, 2.05) is 11.3 Å². The Morgan fingerprint density at radius 3 is 2.45 bits per heavy atom. The lowest BCUT2D eigenvalue weighted by Crippen LogP contribution is -2.42. The SMILES string of the molecule is CC(N)C(c1ccc(Br)s1)N(Cc1cccs1)C(C)C. The minimum absolute atomic E-state index is 0.0999. The average molecular weight is 373 g/mol. The molecule has 0 fully saturated rings. The number of thiophene rings is 2. The van der Waals surface area contributed by atoms with Gasteiger partial charge in [-0.15, -0.1) is 22.7 Å². The van der Waals surface area contributed by atoms with Crippen LogP contribution in [0, 0.1) is 0 Å². The first-order chi connectivity index (χ1) is 9.49. The molecule has 0 amide bonds. The van der Waals surface area contributed by atoms with Crippen molar-refractivity contribution in [1.82, 2.24) is 4.90 Å². The van der Waals surface area contributed by atoms with Gasteiger partial charge in [0.2, 0.25) is 0 Å². The summed E-state index contributed by atoms with van der Waals surface area (Å²) in [5.41, 5.74) is 6.30. The maximum atomic E-state index is 6.30. The lowest BCUT2D eigenvalue weighted by Gasteiger charge is -2.36. The summed E-state index contributed by atoms with van der Waals surface area (Å²) in [5.74, 6) is 0. The van der Waals surface area contributed by atoms with Crippen LogP contribution in [0.4, 0.5) is 0 Å². The van der Waals surface area contributed by atoms with Gasteiger partial charge in [0.1, 0.15) is 0 Å². The first-order valence-electron chi connectivity index (χ1n) is 6.78. The summed E-state index contributed by atoms with van der Waals surface area (Å²) < 4.78 is 1.16. The number of nitrogens with zero attached hydrogens (tertiary/aromatic N) is 1. The van der Waals surface area contributed by atoms with Crippen molar-refractivity contribution < 1.29 is 0 Å². The van der Waals surface area contributed by atoms with E-state index in [1.165, 1.54) is 9.75 Å². The van der Waals surface area contributed by atoms with Gasteiger partial charge in [0.15, 0.2) is 0 Å². The predicted molar refractivity (Wildman–Crippen MR) is 93.4 cm³/mol. The summed E-state index contributed by atoms with van der Waals surface area (Å²) in [6.07, 6.45) is 0. The zero-order valence-electron chi connectivity index (χ0n) is 12.0. The van der Waals surface area contributed by atoms with E-state index in [9.17, 15) is 0 Å². The van der Waals surface area contributed by atoms with Gasteiger partial charge < -0.3 is 5.73 Å². The number of rotatable bonds is 6. The molecule has 2 aromatic rings. The second kappa shape index (κ2) is 7.18. The van der Waals surface area contributed by atoms with Crippen molar-refractivity contribution in [1.29, 1.82) is 0 Å². The minimum atomic E-state index is 0.0999. The van der Waals surface area contributed by atoms with Crippen LogP contribution in [0.1, 0.15) is 36.6 Å². The summed E-state index contributed by atoms with van der Waals surface area (Å²) in [7, 11) is 0. The van der Waals surface area contributed by atoms with Crippen LogP contribution in [0.3, 0.4) is 0 Å². The Kier molecular flexibility index (Phi) is 5.81. The highest BCUT2D eigenvalue weighted by Gasteiger charge is 2.27. The quantitative estimate of drug-likeness (QED) is 0.783. The molecule has 2 heterocycles. The Bertz CT molecular complexity index is 520. The molecule has 2 aromatic heterocycles. The lowest BCUT2D eigenvalue weighted by molar-refractivity contribution is 0.131. The van der Waals surface area contributed by atoms with Crippen LogP contribution in [0.2, 0.25) is 0 Å². The fourth-order valence-electron chi connectivity index (χ4n) is 2.40. The fraction of sp³-hybridized carbons (Fsp3) is 0.467. The molecule has 0 saturated heterocycles. The molecule has 2 nitrogen and oxygen atoms in total. The standard InChI is InChI=1S/C15H21BrN2S2/c1-10(2)18(9-12-5-4-8-19-12)15(11(3)17)13-6-7-14(16)20-13/h4-8,10-11,15H,9,17H2,1-3H3. The molecule has 0 aliphatic heterocycles. The van der Waals surface area contributed by atoms with Crippen molar-refractivity contribution in [2.75, 3.05) is 0 Å². The molecule has 0 bridgehead atoms. The summed E-state index contributed by atoms with van der Waals surface area (Å²) in [5, 5.41) is 2.14. The van der Waals surface area contributed by atoms with Gasteiger partial charge in [-0.05, 0) is 60.3 Å². The average Bonchev–Trinajstić information content (AvgIpc) is 2.99. The molecule has 0 aliphatic carbocycles. The summed E-state index contributed by atoms with van der Waals surface area (Å²) in [6.45, 7) is 7.54. The Labute approximate surface area is 137 Å². The molecule has 0 saturated carbocycles. The summed E-state index contributed by atoms with van der Waals surface area (Å²) in [4.78, 5) is 5.21. The topological polar surface area (TPSA) is 29.3 Å². The highest BCUT2D eigenvalue weighted by atomic mass is 79.9. The lowest BCUT2D eigenvalue weighted by atomic mass is 10.0. The van der Waals surface area contributed by atoms with E-state index in [2.05, 4.69) is 71.2 Å². The molecule has 0 radical (unpaired) electrons. The van der Waals surface area contributed by atoms with Crippen molar-refractivity contribution >= 4 is 38.6 Å². The van der Waals surface area contributed by atoms with E-state index in [0.29, 0.717) is 6.04 Å². The predicted octanol–water partition coefficient (Wildman–Crippen LogP) is 4.87. The molecule has 2 N–H and O–H groups in total. The largest absolute Gasteiger partial charge is 0.326 e. The van der Waals surface area contributed by atoms with E-state index in [4.69, 9.17) is 5.73 Å². The number of nitrogens with two attached hydrogens (primary N) is 1. The number of hydrogen-bond donors (Lipinski definition) is 1. The molecule has 20 heavy (non-hydrogen) atoms. The van der Waals surface area contributed by atoms with Gasteiger partial charge in [0.05, 0.1) is 9.83 Å². The Hall–Kier alpha value is -0.200. The first kappa shape index (κ1) is 16.2. The highest BCUT2D eigenvalue weighted by molar-refractivity contribution is 9.11. The highest BCUT2D eigenvalue weighted by Crippen LogP contribution is 2.34. The summed E-state index contributed by atoms with van der Waals surface area (Å²) in [6, 6.07) is 9.42. The van der Waals surface area contributed by atoms with Gasteiger partial charge >= 0.3 is 0 Å². The van der Waals surface area contributed by atoms with Crippen LogP contribution in [0.5, 0.6) is 0 Å². The molecule has 0 aliphatic rings. The molecule has 2 rings (SSSR count). The normalized spacial score (nSPS) is 14.9. The van der Waals surface area contributed by atoms with E-state index >= 15 is 0 Å². The van der Waals surface area contributed by atoms with Crippen LogP contribution in [-0.2, 0) is 6.54 Å². The molecular weight excluding hydrogens is 352 g/mol. The first-order valence-corrected chi connectivity index (χ1v) is 9.27. The van der Waals surface area contributed by atoms with Gasteiger partial charge in [-0.2, -0.15) is 0 Å². The van der Waals surface area contributed by atoms with Gasteiger partial charge in [0.25, 0.3) is 0 Å². The monoisotopic (exact) mass is 372 g/mol. The molecule has 5 heteroatoms. The molecule has 2 unspecified atom stereocenters. The smallest absolute Gasteiger partial charge is 0.0702 e. The molecule has 0 spiro atoms. The van der Waals surface area contributed by atoms with Crippen molar-refractivity contribution in [3.8, 4) is 0 Å². The molecule has 0 aromatic carbocycles. The Morgan fingerprint density at radius 1 is 1.25 bits per heavy atom. The van der Waals surface area contributed by atoms with Crippen molar-refractivity contribution in [2.45, 2.75) is 45.4 Å². The molecular formula is C15H21BrN2S2. The maximum Gasteiger partial charge on any atom is 0.0702 e. The van der Waals surface area contributed by atoms with Crippen LogP contribution < -0.4 is 5.73 Å². The van der Waals surface area contributed by atoms with E-state index in [-0.39, 0.29) is 12.1 Å². The Morgan fingerprint density at radius 2 is 2.00 bits per heavy atom. The van der Waals surface area contributed by atoms with Crippen molar-refractivity contribution in [3.63, 3.8) is 0 Å². The second-order valence-corrected chi connectivity index (χ2v) is 8.82. The van der Waals surface area contributed by atoms with Gasteiger partial charge in [0, 0.05) is 28.4 Å². The zero-order chi connectivity index (χ0) is 14.7. The minimum Gasteiger partial charge on any atom is -0.326 e. The van der Waals surface area contributed by atoms with Gasteiger partial charge in [-0.25, -0.2) is 0 Å². The van der Waals surface area contributed by atoms with E-state index in [0.717, 1.165) is 10.3 Å².